The molecule has 2 N–H and O–H groups in total. The maximum atomic E-state index is 6.16. The van der Waals surface area contributed by atoms with E-state index in [0.29, 0.717) is 37.8 Å². The maximum Gasteiger partial charge on any atom is 0.249 e. The van der Waals surface area contributed by atoms with Crippen molar-refractivity contribution in [1.82, 2.24) is 15.1 Å². The number of aromatic nitrogens is 3. The van der Waals surface area contributed by atoms with Gasteiger partial charge in [0.2, 0.25) is 5.89 Å². The fraction of sp³-hybridized carbons (Fsp3) is 0.545. The third-order valence-electron chi connectivity index (χ3n) is 2.95. The fourth-order valence-corrected chi connectivity index (χ4v) is 2.54. The minimum atomic E-state index is -0.622. The molecule has 0 saturated carbocycles. The quantitative estimate of drug-likeness (QED) is 0.891. The summed E-state index contributed by atoms with van der Waals surface area (Å²) in [6, 6.07) is 0. The Balaban J connectivity index is 1.77. The molecule has 0 bridgehead atoms. The standard InChI is InChI=1S/C11H14N4O2S/c1-7-13-8(5-18-7)4-9-14-10(17-15-9)11(12)2-3-16-6-11/h5H,2-4,6,12H2,1H3. The lowest BCUT2D eigenvalue weighted by molar-refractivity contribution is 0.166. The average Bonchev–Trinajstić information content (AvgIpc) is 3.02. The van der Waals surface area contributed by atoms with E-state index in [1.54, 1.807) is 11.3 Å². The molecule has 1 atom stereocenters. The molecule has 1 fully saturated rings. The molecule has 0 aliphatic carbocycles. The number of ether oxygens (including phenoxy) is 1. The molecule has 7 heteroatoms. The number of nitrogens with zero attached hydrogens (tertiary/aromatic N) is 3. The van der Waals surface area contributed by atoms with Gasteiger partial charge in [-0.15, -0.1) is 11.3 Å². The molecule has 0 amide bonds. The van der Waals surface area contributed by atoms with Crippen molar-refractivity contribution in [2.75, 3.05) is 13.2 Å². The highest BCUT2D eigenvalue weighted by atomic mass is 32.1. The van der Waals surface area contributed by atoms with Crippen molar-refractivity contribution in [2.24, 2.45) is 5.73 Å². The molecule has 1 saturated heterocycles. The summed E-state index contributed by atoms with van der Waals surface area (Å²) in [7, 11) is 0. The van der Waals surface area contributed by atoms with Crippen LogP contribution in [0.3, 0.4) is 0 Å². The predicted molar refractivity (Wildman–Crippen MR) is 65.3 cm³/mol. The van der Waals surface area contributed by atoms with Crippen molar-refractivity contribution in [3.63, 3.8) is 0 Å². The van der Waals surface area contributed by atoms with E-state index >= 15 is 0 Å². The van der Waals surface area contributed by atoms with Crippen molar-refractivity contribution in [3.05, 3.63) is 27.8 Å². The Hall–Kier alpha value is -1.31. The SMILES string of the molecule is Cc1nc(Cc2noc(C3(N)CCOC3)n2)cs1. The topological polar surface area (TPSA) is 87.1 Å². The molecule has 3 rings (SSSR count). The van der Waals surface area contributed by atoms with E-state index in [2.05, 4.69) is 15.1 Å². The highest BCUT2D eigenvalue weighted by molar-refractivity contribution is 7.09. The van der Waals surface area contributed by atoms with Crippen molar-refractivity contribution in [3.8, 4) is 0 Å². The van der Waals surface area contributed by atoms with Crippen LogP contribution in [0.5, 0.6) is 0 Å². The second-order valence-electron chi connectivity index (χ2n) is 4.51. The zero-order valence-electron chi connectivity index (χ0n) is 10.0. The number of nitrogens with two attached hydrogens (primary N) is 1. The Labute approximate surface area is 108 Å². The molecule has 18 heavy (non-hydrogen) atoms. The van der Waals surface area contributed by atoms with Gasteiger partial charge in [0.15, 0.2) is 5.82 Å². The second-order valence-corrected chi connectivity index (χ2v) is 5.57. The monoisotopic (exact) mass is 266 g/mol. The highest BCUT2D eigenvalue weighted by Crippen LogP contribution is 2.26. The van der Waals surface area contributed by atoms with E-state index in [1.807, 2.05) is 12.3 Å². The van der Waals surface area contributed by atoms with Crippen LogP contribution in [0.4, 0.5) is 0 Å². The lowest BCUT2D eigenvalue weighted by Crippen LogP contribution is -2.37. The molecule has 3 heterocycles. The van der Waals surface area contributed by atoms with Gasteiger partial charge in [-0.3, -0.25) is 0 Å². The van der Waals surface area contributed by atoms with Gasteiger partial charge in [0.25, 0.3) is 0 Å². The van der Waals surface area contributed by atoms with E-state index in [0.717, 1.165) is 10.7 Å². The second kappa shape index (κ2) is 4.42. The van der Waals surface area contributed by atoms with Gasteiger partial charge in [-0.05, 0) is 13.3 Å². The highest BCUT2D eigenvalue weighted by Gasteiger charge is 2.38. The van der Waals surface area contributed by atoms with E-state index in [4.69, 9.17) is 15.0 Å². The fourth-order valence-electron chi connectivity index (χ4n) is 1.93. The van der Waals surface area contributed by atoms with E-state index in [-0.39, 0.29) is 0 Å². The van der Waals surface area contributed by atoms with Crippen LogP contribution >= 0.6 is 11.3 Å². The zero-order valence-corrected chi connectivity index (χ0v) is 10.9. The molecular formula is C11H14N4O2S. The third-order valence-corrected chi connectivity index (χ3v) is 3.77. The summed E-state index contributed by atoms with van der Waals surface area (Å²) in [5.74, 6) is 1.08. The van der Waals surface area contributed by atoms with E-state index in [9.17, 15) is 0 Å². The smallest absolute Gasteiger partial charge is 0.249 e. The van der Waals surface area contributed by atoms with Gasteiger partial charge in [-0.1, -0.05) is 5.16 Å². The number of aryl methyl sites for hydroxylation is 1. The summed E-state index contributed by atoms with van der Waals surface area (Å²) in [6.45, 7) is 3.05. The summed E-state index contributed by atoms with van der Waals surface area (Å²) in [5, 5.41) is 6.99. The zero-order chi connectivity index (χ0) is 12.6. The summed E-state index contributed by atoms with van der Waals surface area (Å²) < 4.78 is 10.5. The van der Waals surface area contributed by atoms with Gasteiger partial charge in [-0.2, -0.15) is 4.98 Å². The van der Waals surface area contributed by atoms with Gasteiger partial charge in [-0.25, -0.2) is 4.98 Å². The van der Waals surface area contributed by atoms with Crippen LogP contribution in [-0.4, -0.2) is 28.3 Å². The molecule has 96 valence electrons. The van der Waals surface area contributed by atoms with Crippen LogP contribution in [0.25, 0.3) is 0 Å². The first-order chi connectivity index (χ1) is 8.66. The van der Waals surface area contributed by atoms with Gasteiger partial charge >= 0.3 is 0 Å². The molecule has 2 aromatic rings. The summed E-state index contributed by atoms with van der Waals surface area (Å²) in [4.78, 5) is 8.72. The van der Waals surface area contributed by atoms with E-state index < -0.39 is 5.54 Å². The number of rotatable bonds is 3. The Kier molecular flexibility index (Phi) is 2.89. The molecule has 0 spiro atoms. The molecule has 1 unspecified atom stereocenters. The maximum absolute atomic E-state index is 6.16. The first-order valence-corrected chi connectivity index (χ1v) is 6.64. The minimum Gasteiger partial charge on any atom is -0.379 e. The van der Waals surface area contributed by atoms with Crippen molar-refractivity contribution >= 4 is 11.3 Å². The van der Waals surface area contributed by atoms with Crippen molar-refractivity contribution < 1.29 is 9.26 Å². The number of hydrogen-bond donors (Lipinski definition) is 1. The van der Waals surface area contributed by atoms with Gasteiger partial charge < -0.3 is 15.0 Å². The predicted octanol–water partition coefficient (Wildman–Crippen LogP) is 1.000. The number of thiazole rings is 1. The Bertz CT molecular complexity index is 545. The van der Waals surface area contributed by atoms with Crippen LogP contribution in [0.2, 0.25) is 0 Å². The molecular weight excluding hydrogens is 252 g/mol. The molecule has 2 aromatic heterocycles. The molecule has 6 nitrogen and oxygen atoms in total. The first-order valence-electron chi connectivity index (χ1n) is 5.76. The van der Waals surface area contributed by atoms with Crippen LogP contribution in [0.15, 0.2) is 9.90 Å². The number of hydrogen-bond acceptors (Lipinski definition) is 7. The Morgan fingerprint density at radius 2 is 2.39 bits per heavy atom. The molecule has 0 radical (unpaired) electrons. The van der Waals surface area contributed by atoms with Crippen LogP contribution in [-0.2, 0) is 16.7 Å². The van der Waals surface area contributed by atoms with Gasteiger partial charge in [0.1, 0.15) is 5.54 Å². The van der Waals surface area contributed by atoms with Crippen LogP contribution in [0, 0.1) is 6.92 Å². The van der Waals surface area contributed by atoms with Crippen LogP contribution < -0.4 is 5.73 Å². The third kappa shape index (κ3) is 2.16. The summed E-state index contributed by atoms with van der Waals surface area (Å²) in [5.41, 5.74) is 6.49. The largest absolute Gasteiger partial charge is 0.379 e. The Morgan fingerprint density at radius 3 is 3.06 bits per heavy atom. The van der Waals surface area contributed by atoms with Crippen LogP contribution in [0.1, 0.15) is 28.8 Å². The Morgan fingerprint density at radius 1 is 1.50 bits per heavy atom. The normalized spacial score (nSPS) is 23.7. The molecule has 1 aliphatic rings. The summed E-state index contributed by atoms with van der Waals surface area (Å²) in [6.07, 6.45) is 1.29. The average molecular weight is 266 g/mol. The van der Waals surface area contributed by atoms with Gasteiger partial charge in [0, 0.05) is 12.0 Å². The van der Waals surface area contributed by atoms with Crippen molar-refractivity contribution in [1.29, 1.82) is 0 Å². The molecule has 0 aromatic carbocycles. The molecule has 1 aliphatic heterocycles. The lowest BCUT2D eigenvalue weighted by Gasteiger charge is -2.14. The summed E-state index contributed by atoms with van der Waals surface area (Å²) >= 11 is 1.61. The minimum absolute atomic E-state index is 0.435. The van der Waals surface area contributed by atoms with Crippen molar-refractivity contribution in [2.45, 2.75) is 25.3 Å². The van der Waals surface area contributed by atoms with E-state index in [1.165, 1.54) is 0 Å². The lowest BCUT2D eigenvalue weighted by atomic mass is 10.0. The van der Waals surface area contributed by atoms with Gasteiger partial charge in [0.05, 0.1) is 23.7 Å². The first kappa shape index (κ1) is 11.8.